The molecule has 0 spiro atoms. The number of rotatable bonds is 5. The Balaban J connectivity index is 1.32. The molecule has 0 unspecified atom stereocenters. The number of amides is 1. The van der Waals surface area contributed by atoms with Gasteiger partial charge in [0.15, 0.2) is 18.1 Å². The maximum absolute atomic E-state index is 12.1. The average Bonchev–Trinajstić information content (AvgIpc) is 2.72. The molecule has 0 aliphatic carbocycles. The van der Waals surface area contributed by atoms with E-state index in [1.165, 1.54) is 0 Å². The average molecular weight is 385 g/mol. The second-order valence-corrected chi connectivity index (χ2v) is 6.44. The van der Waals surface area contributed by atoms with Gasteiger partial charge in [-0.25, -0.2) is 0 Å². The molecule has 2 heterocycles. The van der Waals surface area contributed by atoms with Gasteiger partial charge in [-0.05, 0) is 36.4 Å². The Hall–Kier alpha value is -2.99. The van der Waals surface area contributed by atoms with Crippen LogP contribution < -0.4 is 19.5 Å². The van der Waals surface area contributed by atoms with E-state index in [1.54, 1.807) is 24.4 Å². The number of nitrogens with zero attached hydrogens (tertiary/aromatic N) is 1. The number of para-hydroxylation sites is 2. The van der Waals surface area contributed by atoms with Crippen molar-refractivity contribution in [3.8, 4) is 17.2 Å². The third-order valence-corrected chi connectivity index (χ3v) is 4.46. The molecule has 1 atom stereocenters. The molecule has 27 heavy (non-hydrogen) atoms. The van der Waals surface area contributed by atoms with E-state index < -0.39 is 0 Å². The first-order valence-electron chi connectivity index (χ1n) is 8.52. The minimum Gasteiger partial charge on any atom is -0.486 e. The number of carbonyl (C=O) groups is 1. The Morgan fingerprint density at radius 3 is 2.93 bits per heavy atom. The number of pyridine rings is 1. The summed E-state index contributed by atoms with van der Waals surface area (Å²) in [4.78, 5) is 16.4. The molecule has 3 aromatic rings. The normalized spacial score (nSPS) is 15.4. The van der Waals surface area contributed by atoms with Crippen molar-refractivity contribution in [2.24, 2.45) is 0 Å². The number of aromatic nitrogens is 1. The monoisotopic (exact) mass is 384 g/mol. The smallest absolute Gasteiger partial charge is 0.258 e. The lowest BCUT2D eigenvalue weighted by Gasteiger charge is -2.26. The third-order valence-electron chi connectivity index (χ3n) is 4.13. The Bertz CT molecular complexity index is 979. The molecule has 0 fully saturated rings. The summed E-state index contributed by atoms with van der Waals surface area (Å²) in [6.45, 7) is 0.581. The van der Waals surface area contributed by atoms with Crippen molar-refractivity contribution in [2.75, 3.05) is 19.8 Å². The molecule has 0 saturated heterocycles. The van der Waals surface area contributed by atoms with E-state index in [-0.39, 0.29) is 18.6 Å². The fourth-order valence-electron chi connectivity index (χ4n) is 2.81. The van der Waals surface area contributed by atoms with Gasteiger partial charge in [0.25, 0.3) is 5.91 Å². The maximum Gasteiger partial charge on any atom is 0.258 e. The predicted molar refractivity (Wildman–Crippen MR) is 102 cm³/mol. The molecule has 0 radical (unpaired) electrons. The predicted octanol–water partition coefficient (Wildman–Crippen LogP) is 3.22. The molecular formula is C20H17ClN2O4. The Labute approximate surface area is 161 Å². The molecule has 1 N–H and O–H groups in total. The van der Waals surface area contributed by atoms with Crippen molar-refractivity contribution < 1.29 is 19.0 Å². The van der Waals surface area contributed by atoms with Crippen molar-refractivity contribution in [2.45, 2.75) is 6.10 Å². The molecule has 6 nitrogen and oxygen atoms in total. The Kier molecular flexibility index (Phi) is 4.98. The van der Waals surface area contributed by atoms with Gasteiger partial charge in [-0.2, -0.15) is 0 Å². The van der Waals surface area contributed by atoms with Crippen molar-refractivity contribution >= 4 is 28.4 Å². The highest BCUT2D eigenvalue weighted by molar-refractivity contribution is 6.35. The van der Waals surface area contributed by atoms with E-state index in [2.05, 4.69) is 10.3 Å². The lowest BCUT2D eigenvalue weighted by atomic mass is 10.2. The van der Waals surface area contributed by atoms with Crippen LogP contribution in [0.5, 0.6) is 17.2 Å². The molecule has 0 bridgehead atoms. The quantitative estimate of drug-likeness (QED) is 0.731. The van der Waals surface area contributed by atoms with Crippen molar-refractivity contribution in [3.05, 3.63) is 59.8 Å². The lowest BCUT2D eigenvalue weighted by Crippen LogP contribution is -2.42. The first kappa shape index (κ1) is 17.4. The minimum atomic E-state index is -0.253. The summed E-state index contributed by atoms with van der Waals surface area (Å²) in [7, 11) is 0. The zero-order valence-corrected chi connectivity index (χ0v) is 15.1. The topological polar surface area (TPSA) is 69.7 Å². The van der Waals surface area contributed by atoms with Gasteiger partial charge < -0.3 is 19.5 Å². The van der Waals surface area contributed by atoms with Crippen LogP contribution in [-0.2, 0) is 4.79 Å². The van der Waals surface area contributed by atoms with Crippen LogP contribution in [0.25, 0.3) is 10.9 Å². The number of nitrogens with one attached hydrogen (secondary N) is 1. The van der Waals surface area contributed by atoms with E-state index in [4.69, 9.17) is 25.8 Å². The number of fused-ring (bicyclic) bond motifs is 2. The number of carbonyl (C=O) groups excluding carboxylic acids is 1. The Morgan fingerprint density at radius 2 is 2.04 bits per heavy atom. The van der Waals surface area contributed by atoms with Crippen LogP contribution >= 0.6 is 11.6 Å². The number of halogens is 1. The summed E-state index contributed by atoms with van der Waals surface area (Å²) in [5.74, 6) is 1.65. The number of ether oxygens (including phenoxy) is 3. The van der Waals surface area contributed by atoms with Crippen LogP contribution in [0.4, 0.5) is 0 Å². The third kappa shape index (κ3) is 3.90. The van der Waals surface area contributed by atoms with Crippen LogP contribution in [0.3, 0.4) is 0 Å². The number of hydrogen-bond acceptors (Lipinski definition) is 5. The largest absolute Gasteiger partial charge is 0.486 e. The van der Waals surface area contributed by atoms with E-state index in [0.29, 0.717) is 40.9 Å². The Morgan fingerprint density at radius 1 is 1.19 bits per heavy atom. The van der Waals surface area contributed by atoms with Crippen molar-refractivity contribution in [3.63, 3.8) is 0 Å². The second-order valence-electron chi connectivity index (χ2n) is 6.04. The standard InChI is InChI=1S/C20H17ClN2O4/c21-15-7-8-18(20-14(15)4-3-9-22-20)26-12-19(24)23-10-13-11-25-16-5-1-2-6-17(16)27-13/h1-9,13H,10-12H2,(H,23,24)/t13-/m0/s1. The number of benzene rings is 2. The van der Waals surface area contributed by atoms with Crippen LogP contribution in [0.2, 0.25) is 5.02 Å². The van der Waals surface area contributed by atoms with Crippen LogP contribution in [0, 0.1) is 0 Å². The molecule has 4 rings (SSSR count). The molecule has 138 valence electrons. The van der Waals surface area contributed by atoms with Gasteiger partial charge in [-0.15, -0.1) is 0 Å². The zero-order chi connectivity index (χ0) is 18.6. The van der Waals surface area contributed by atoms with Gasteiger partial charge in [-0.1, -0.05) is 23.7 Å². The van der Waals surface area contributed by atoms with Crippen LogP contribution in [0.15, 0.2) is 54.7 Å². The zero-order valence-electron chi connectivity index (χ0n) is 14.4. The highest BCUT2D eigenvalue weighted by Crippen LogP contribution is 2.31. The first-order valence-corrected chi connectivity index (χ1v) is 8.90. The van der Waals surface area contributed by atoms with E-state index in [0.717, 1.165) is 5.39 Å². The molecule has 1 amide bonds. The van der Waals surface area contributed by atoms with Gasteiger partial charge >= 0.3 is 0 Å². The molecule has 2 aromatic carbocycles. The highest BCUT2D eigenvalue weighted by atomic mass is 35.5. The summed E-state index contributed by atoms with van der Waals surface area (Å²) >= 11 is 6.16. The first-order chi connectivity index (χ1) is 13.2. The summed E-state index contributed by atoms with van der Waals surface area (Å²) in [5, 5.41) is 4.17. The summed E-state index contributed by atoms with van der Waals surface area (Å²) in [6.07, 6.45) is 1.41. The molecular weight excluding hydrogens is 368 g/mol. The van der Waals surface area contributed by atoms with E-state index in [1.807, 2.05) is 30.3 Å². The van der Waals surface area contributed by atoms with Gasteiger partial charge in [0.1, 0.15) is 24.0 Å². The van der Waals surface area contributed by atoms with Crippen molar-refractivity contribution in [1.82, 2.24) is 10.3 Å². The SMILES string of the molecule is O=C(COc1ccc(Cl)c2cccnc12)NC[C@H]1COc2ccccc2O1. The molecule has 7 heteroatoms. The van der Waals surface area contributed by atoms with Gasteiger partial charge in [0.05, 0.1) is 11.6 Å². The van der Waals surface area contributed by atoms with E-state index in [9.17, 15) is 4.79 Å². The van der Waals surface area contributed by atoms with Crippen LogP contribution in [-0.4, -0.2) is 36.8 Å². The van der Waals surface area contributed by atoms with Gasteiger partial charge in [0, 0.05) is 11.6 Å². The molecule has 1 aliphatic rings. The fourth-order valence-corrected chi connectivity index (χ4v) is 3.03. The van der Waals surface area contributed by atoms with Gasteiger partial charge in [0.2, 0.25) is 0 Å². The van der Waals surface area contributed by atoms with E-state index >= 15 is 0 Å². The minimum absolute atomic E-state index is 0.128. The maximum atomic E-state index is 12.1. The van der Waals surface area contributed by atoms with Crippen molar-refractivity contribution in [1.29, 1.82) is 0 Å². The lowest BCUT2D eigenvalue weighted by molar-refractivity contribution is -0.123. The summed E-state index contributed by atoms with van der Waals surface area (Å²) in [5.41, 5.74) is 0.624. The molecule has 0 saturated carbocycles. The summed E-state index contributed by atoms with van der Waals surface area (Å²) in [6, 6.07) is 14.5. The molecule has 1 aromatic heterocycles. The highest BCUT2D eigenvalue weighted by Gasteiger charge is 2.21. The van der Waals surface area contributed by atoms with Crippen LogP contribution in [0.1, 0.15) is 0 Å². The van der Waals surface area contributed by atoms with Gasteiger partial charge in [-0.3, -0.25) is 9.78 Å². The molecule has 1 aliphatic heterocycles. The number of hydrogen-bond donors (Lipinski definition) is 1. The fraction of sp³-hybridized carbons (Fsp3) is 0.200. The summed E-state index contributed by atoms with van der Waals surface area (Å²) < 4.78 is 17.1. The second kappa shape index (κ2) is 7.72.